The molecule has 0 fully saturated rings. The Morgan fingerprint density at radius 2 is 1.78 bits per heavy atom. The zero-order valence-electron chi connectivity index (χ0n) is 14.0. The summed E-state index contributed by atoms with van der Waals surface area (Å²) in [6, 6.07) is 6.89. The second kappa shape index (κ2) is 7.09. The van der Waals surface area contributed by atoms with Crippen molar-refractivity contribution >= 4 is 10.0 Å². The van der Waals surface area contributed by atoms with Crippen molar-refractivity contribution in [2.75, 3.05) is 7.11 Å². The van der Waals surface area contributed by atoms with Crippen LogP contribution in [0.4, 0.5) is 13.2 Å². The summed E-state index contributed by atoms with van der Waals surface area (Å²) in [6.07, 6.45) is 1.05. The molecule has 3 aromatic rings. The number of rotatable bonds is 5. The lowest BCUT2D eigenvalue weighted by molar-refractivity contribution is 0.274. The highest BCUT2D eigenvalue weighted by atomic mass is 32.2. The molecule has 0 atom stereocenters. The number of methoxy groups -OCH3 is 1. The minimum atomic E-state index is -4.36. The van der Waals surface area contributed by atoms with Crippen LogP contribution in [-0.2, 0) is 16.6 Å². The lowest BCUT2D eigenvalue weighted by Crippen LogP contribution is -2.14. The fourth-order valence-corrected chi connectivity index (χ4v) is 4.14. The standard InChI is InChI=1S/C18H14F3NO4S/c1-26-18-11(10-23)9-22(17(18)15-6-5-13(20)8-16(15)21)27(24,25)14-4-2-3-12(19)7-14/h2-9,23H,10H2,1H3. The number of nitrogens with zero attached hydrogens (tertiary/aromatic N) is 1. The van der Waals surface area contributed by atoms with Gasteiger partial charge in [-0.2, -0.15) is 0 Å². The monoisotopic (exact) mass is 397 g/mol. The number of benzene rings is 2. The van der Waals surface area contributed by atoms with E-state index in [0.29, 0.717) is 10.0 Å². The van der Waals surface area contributed by atoms with Gasteiger partial charge in [-0.3, -0.25) is 0 Å². The van der Waals surface area contributed by atoms with Gasteiger partial charge in [0.25, 0.3) is 10.0 Å². The third-order valence-electron chi connectivity index (χ3n) is 3.91. The van der Waals surface area contributed by atoms with E-state index >= 15 is 0 Å². The first kappa shape index (κ1) is 19.0. The number of aromatic nitrogens is 1. The molecular formula is C18H14F3NO4S. The Hall–Kier alpha value is -2.78. The lowest BCUT2D eigenvalue weighted by Gasteiger charge is -2.13. The van der Waals surface area contributed by atoms with Crippen LogP contribution in [0.1, 0.15) is 5.56 Å². The Bertz CT molecular complexity index is 1110. The Morgan fingerprint density at radius 1 is 1.07 bits per heavy atom. The molecule has 0 aliphatic rings. The number of ether oxygens (including phenoxy) is 1. The zero-order chi connectivity index (χ0) is 19.8. The van der Waals surface area contributed by atoms with Crippen LogP contribution in [0.25, 0.3) is 11.3 Å². The van der Waals surface area contributed by atoms with Crippen molar-refractivity contribution < 1.29 is 31.4 Å². The van der Waals surface area contributed by atoms with Gasteiger partial charge >= 0.3 is 0 Å². The van der Waals surface area contributed by atoms with Crippen molar-refractivity contribution in [1.29, 1.82) is 0 Å². The number of hydrogen-bond donors (Lipinski definition) is 1. The third kappa shape index (κ3) is 3.31. The highest BCUT2D eigenvalue weighted by Gasteiger charge is 2.28. The van der Waals surface area contributed by atoms with E-state index in [0.717, 1.165) is 30.5 Å². The molecular weight excluding hydrogens is 383 g/mol. The van der Waals surface area contributed by atoms with Crippen molar-refractivity contribution in [2.45, 2.75) is 11.5 Å². The maximum Gasteiger partial charge on any atom is 0.268 e. The molecule has 0 bridgehead atoms. The fourth-order valence-electron chi connectivity index (χ4n) is 2.71. The largest absolute Gasteiger partial charge is 0.494 e. The second-order valence-electron chi connectivity index (χ2n) is 5.58. The molecule has 3 rings (SSSR count). The van der Waals surface area contributed by atoms with Crippen molar-refractivity contribution in [1.82, 2.24) is 3.97 Å². The SMILES string of the molecule is COc1c(CO)cn(S(=O)(=O)c2cccc(F)c2)c1-c1ccc(F)cc1F. The van der Waals surface area contributed by atoms with E-state index in [4.69, 9.17) is 4.74 Å². The van der Waals surface area contributed by atoms with Crippen LogP contribution < -0.4 is 4.74 Å². The van der Waals surface area contributed by atoms with Gasteiger partial charge in [0.15, 0.2) is 5.75 Å². The summed E-state index contributed by atoms with van der Waals surface area (Å²) < 4.78 is 73.1. The van der Waals surface area contributed by atoms with E-state index < -0.39 is 34.1 Å². The van der Waals surface area contributed by atoms with Gasteiger partial charge in [-0.15, -0.1) is 0 Å². The maximum absolute atomic E-state index is 14.4. The van der Waals surface area contributed by atoms with Crippen LogP contribution in [0.3, 0.4) is 0 Å². The van der Waals surface area contributed by atoms with Crippen LogP contribution in [0.5, 0.6) is 5.75 Å². The molecule has 9 heteroatoms. The predicted molar refractivity (Wildman–Crippen MR) is 91.2 cm³/mol. The summed E-state index contributed by atoms with van der Waals surface area (Å²) in [5, 5.41) is 9.53. The third-order valence-corrected chi connectivity index (χ3v) is 5.57. The second-order valence-corrected chi connectivity index (χ2v) is 7.39. The molecule has 0 amide bonds. The molecule has 2 aromatic carbocycles. The molecule has 0 saturated heterocycles. The van der Waals surface area contributed by atoms with E-state index in [2.05, 4.69) is 0 Å². The Kier molecular flexibility index (Phi) is 4.99. The van der Waals surface area contributed by atoms with Gasteiger partial charge in [0, 0.05) is 23.4 Å². The molecule has 142 valence electrons. The van der Waals surface area contributed by atoms with Gasteiger partial charge in [0.1, 0.15) is 23.1 Å². The average molecular weight is 397 g/mol. The van der Waals surface area contributed by atoms with Crippen LogP contribution in [0, 0.1) is 17.5 Å². The molecule has 0 radical (unpaired) electrons. The smallest absolute Gasteiger partial charge is 0.268 e. The van der Waals surface area contributed by atoms with E-state index in [1.165, 1.54) is 19.2 Å². The molecule has 0 saturated carbocycles. The molecule has 0 spiro atoms. The van der Waals surface area contributed by atoms with Crippen LogP contribution in [-0.4, -0.2) is 24.6 Å². The Balaban J connectivity index is 2.35. The molecule has 5 nitrogen and oxygen atoms in total. The summed E-state index contributed by atoms with van der Waals surface area (Å²) in [6.45, 7) is -0.593. The molecule has 1 N–H and O–H groups in total. The minimum absolute atomic E-state index is 0.0659. The summed E-state index contributed by atoms with van der Waals surface area (Å²) in [4.78, 5) is -0.381. The average Bonchev–Trinajstić information content (AvgIpc) is 3.01. The van der Waals surface area contributed by atoms with Crippen molar-refractivity contribution in [3.05, 3.63) is 71.7 Å². The first-order valence-corrected chi connectivity index (χ1v) is 9.09. The topological polar surface area (TPSA) is 68.5 Å². The first-order chi connectivity index (χ1) is 12.8. The Labute approximate surface area is 153 Å². The summed E-state index contributed by atoms with van der Waals surface area (Å²) in [5.74, 6) is -2.73. The van der Waals surface area contributed by atoms with Gasteiger partial charge in [-0.25, -0.2) is 25.6 Å². The highest BCUT2D eigenvalue weighted by Crippen LogP contribution is 2.39. The fraction of sp³-hybridized carbons (Fsp3) is 0.111. The van der Waals surface area contributed by atoms with Gasteiger partial charge < -0.3 is 9.84 Å². The normalized spacial score (nSPS) is 11.6. The molecule has 1 aromatic heterocycles. The van der Waals surface area contributed by atoms with Gasteiger partial charge in [-0.1, -0.05) is 6.07 Å². The van der Waals surface area contributed by atoms with E-state index in [-0.39, 0.29) is 27.5 Å². The minimum Gasteiger partial charge on any atom is -0.494 e. The van der Waals surface area contributed by atoms with Crippen LogP contribution in [0.2, 0.25) is 0 Å². The molecule has 0 unspecified atom stereocenters. The van der Waals surface area contributed by atoms with E-state index in [9.17, 15) is 26.7 Å². The van der Waals surface area contributed by atoms with E-state index in [1.54, 1.807) is 0 Å². The van der Waals surface area contributed by atoms with Crippen molar-refractivity contribution in [3.63, 3.8) is 0 Å². The number of aliphatic hydroxyl groups excluding tert-OH is 1. The molecule has 0 aliphatic carbocycles. The number of hydrogen-bond acceptors (Lipinski definition) is 4. The number of halogens is 3. The quantitative estimate of drug-likeness (QED) is 0.717. The van der Waals surface area contributed by atoms with E-state index in [1.807, 2.05) is 0 Å². The number of aliphatic hydroxyl groups is 1. The first-order valence-electron chi connectivity index (χ1n) is 7.65. The predicted octanol–water partition coefficient (Wildman–Crippen LogP) is 3.31. The van der Waals surface area contributed by atoms with Crippen LogP contribution in [0.15, 0.2) is 53.6 Å². The summed E-state index contributed by atoms with van der Waals surface area (Å²) in [5.41, 5.74) is -0.438. The van der Waals surface area contributed by atoms with Gasteiger partial charge in [0.05, 0.1) is 18.6 Å². The van der Waals surface area contributed by atoms with Gasteiger partial charge in [-0.05, 0) is 30.3 Å². The zero-order valence-corrected chi connectivity index (χ0v) is 14.8. The lowest BCUT2D eigenvalue weighted by atomic mass is 10.1. The Morgan fingerprint density at radius 3 is 2.37 bits per heavy atom. The summed E-state index contributed by atoms with van der Waals surface area (Å²) >= 11 is 0. The van der Waals surface area contributed by atoms with Gasteiger partial charge in [0.2, 0.25) is 0 Å². The highest BCUT2D eigenvalue weighted by molar-refractivity contribution is 7.90. The summed E-state index contributed by atoms with van der Waals surface area (Å²) in [7, 11) is -3.14. The van der Waals surface area contributed by atoms with Crippen LogP contribution >= 0.6 is 0 Å². The van der Waals surface area contributed by atoms with Crippen molar-refractivity contribution in [2.24, 2.45) is 0 Å². The van der Waals surface area contributed by atoms with Crippen molar-refractivity contribution in [3.8, 4) is 17.0 Å². The molecule has 27 heavy (non-hydrogen) atoms. The maximum atomic E-state index is 14.4. The molecule has 1 heterocycles. The molecule has 0 aliphatic heterocycles.